The van der Waals surface area contributed by atoms with E-state index in [0.717, 1.165) is 0 Å². The second kappa shape index (κ2) is 7.13. The molecule has 0 spiro atoms. The lowest BCUT2D eigenvalue weighted by Crippen LogP contribution is -2.31. The molecule has 1 heterocycles. The third-order valence-corrected chi connectivity index (χ3v) is 3.09. The first-order chi connectivity index (χ1) is 10.5. The minimum absolute atomic E-state index is 0.00552. The molecule has 0 bridgehead atoms. The molecule has 0 unspecified atom stereocenters. The van der Waals surface area contributed by atoms with Crippen molar-refractivity contribution < 1.29 is 9.18 Å². The minimum atomic E-state index is -0.406. The average Bonchev–Trinajstić information content (AvgIpc) is 2.93. The van der Waals surface area contributed by atoms with E-state index in [-0.39, 0.29) is 23.3 Å². The van der Waals surface area contributed by atoms with Crippen molar-refractivity contribution in [2.45, 2.75) is 19.8 Å². The molecule has 0 aliphatic heterocycles. The number of rotatable bonds is 6. The molecule has 0 atom stereocenters. The zero-order chi connectivity index (χ0) is 16.1. The smallest absolute Gasteiger partial charge is 0.291 e. The van der Waals surface area contributed by atoms with Gasteiger partial charge in [-0.1, -0.05) is 26.0 Å². The number of likely N-dealkylation sites (N-methyl/N-ethyl adjacent to an activating group) is 1. The fraction of sp³-hybridized carbons (Fsp3) is 0.400. The molecular weight excluding hydrogens is 285 g/mol. The summed E-state index contributed by atoms with van der Waals surface area (Å²) >= 11 is 0. The lowest BCUT2D eigenvalue weighted by atomic mass is 10.2. The summed E-state index contributed by atoms with van der Waals surface area (Å²) in [5, 5.41) is 9.82. The van der Waals surface area contributed by atoms with E-state index in [9.17, 15) is 9.18 Å². The van der Waals surface area contributed by atoms with Crippen molar-refractivity contribution in [2.75, 3.05) is 20.1 Å². The summed E-state index contributed by atoms with van der Waals surface area (Å²) in [4.78, 5) is 16.3. The third kappa shape index (κ3) is 3.48. The van der Waals surface area contributed by atoms with Gasteiger partial charge in [0.05, 0.1) is 0 Å². The first kappa shape index (κ1) is 16.1. The van der Waals surface area contributed by atoms with E-state index in [1.807, 2.05) is 13.8 Å². The number of hydrogen-bond donors (Lipinski definition) is 2. The fourth-order valence-corrected chi connectivity index (χ4v) is 1.97. The number of hydrogen-bond acceptors (Lipinski definition) is 4. The molecule has 118 valence electrons. The van der Waals surface area contributed by atoms with Crippen LogP contribution >= 0.6 is 0 Å². The zero-order valence-electron chi connectivity index (χ0n) is 12.9. The molecule has 1 aromatic heterocycles. The number of amides is 1. The van der Waals surface area contributed by atoms with Crippen LogP contribution in [0.5, 0.6) is 0 Å². The molecule has 0 saturated heterocycles. The number of aromatic nitrogens is 3. The molecule has 2 aromatic rings. The molecular formula is C15H20FN5O. The SMILES string of the molecule is CNCCNC(=O)c1nc(C(C)C)n(-c2ccccc2F)n1. The number of carbonyl (C=O) groups excluding carboxylic acids is 1. The Bertz CT molecular complexity index is 653. The van der Waals surface area contributed by atoms with E-state index in [2.05, 4.69) is 20.7 Å². The Morgan fingerprint density at radius 1 is 1.32 bits per heavy atom. The highest BCUT2D eigenvalue weighted by atomic mass is 19.1. The van der Waals surface area contributed by atoms with Gasteiger partial charge in [-0.05, 0) is 19.2 Å². The monoisotopic (exact) mass is 305 g/mol. The van der Waals surface area contributed by atoms with Crippen LogP contribution in [0, 0.1) is 5.82 Å². The Morgan fingerprint density at radius 2 is 2.05 bits per heavy atom. The predicted octanol–water partition coefficient (Wildman–Crippen LogP) is 1.48. The largest absolute Gasteiger partial charge is 0.348 e. The molecule has 0 saturated carbocycles. The Morgan fingerprint density at radius 3 is 2.68 bits per heavy atom. The molecule has 6 nitrogen and oxygen atoms in total. The van der Waals surface area contributed by atoms with Crippen LogP contribution in [0.3, 0.4) is 0 Å². The van der Waals surface area contributed by atoms with Gasteiger partial charge in [-0.3, -0.25) is 4.79 Å². The van der Waals surface area contributed by atoms with E-state index in [0.29, 0.717) is 18.9 Å². The predicted molar refractivity (Wildman–Crippen MR) is 81.7 cm³/mol. The van der Waals surface area contributed by atoms with Crippen molar-refractivity contribution in [3.05, 3.63) is 41.7 Å². The van der Waals surface area contributed by atoms with Crippen molar-refractivity contribution >= 4 is 5.91 Å². The number of nitrogens with one attached hydrogen (secondary N) is 2. The molecule has 7 heteroatoms. The van der Waals surface area contributed by atoms with Gasteiger partial charge in [-0.25, -0.2) is 14.1 Å². The van der Waals surface area contributed by atoms with Gasteiger partial charge in [0.15, 0.2) is 0 Å². The summed E-state index contributed by atoms with van der Waals surface area (Å²) in [5.41, 5.74) is 0.285. The maximum Gasteiger partial charge on any atom is 0.291 e. The molecule has 0 fully saturated rings. The van der Waals surface area contributed by atoms with E-state index in [4.69, 9.17) is 0 Å². The van der Waals surface area contributed by atoms with Gasteiger partial charge in [0.1, 0.15) is 17.3 Å². The summed E-state index contributed by atoms with van der Waals surface area (Å²) in [6.45, 7) is 4.96. The molecule has 0 radical (unpaired) electrons. The summed E-state index contributed by atoms with van der Waals surface area (Å²) in [6.07, 6.45) is 0. The van der Waals surface area contributed by atoms with E-state index >= 15 is 0 Å². The van der Waals surface area contributed by atoms with Crippen LogP contribution in [0.4, 0.5) is 4.39 Å². The Kier molecular flexibility index (Phi) is 5.21. The normalized spacial score (nSPS) is 11.0. The number of carbonyl (C=O) groups is 1. The molecule has 0 aliphatic carbocycles. The lowest BCUT2D eigenvalue weighted by molar-refractivity contribution is 0.0943. The van der Waals surface area contributed by atoms with Crippen LogP contribution in [-0.2, 0) is 0 Å². The van der Waals surface area contributed by atoms with Gasteiger partial charge >= 0.3 is 0 Å². The molecule has 2 rings (SSSR count). The maximum absolute atomic E-state index is 14.0. The Hall–Kier alpha value is -2.28. The highest BCUT2D eigenvalue weighted by Gasteiger charge is 2.20. The zero-order valence-corrected chi connectivity index (χ0v) is 12.9. The maximum atomic E-state index is 14.0. The first-order valence-electron chi connectivity index (χ1n) is 7.19. The van der Waals surface area contributed by atoms with Gasteiger partial charge in [0.25, 0.3) is 5.91 Å². The number of benzene rings is 1. The van der Waals surface area contributed by atoms with Gasteiger partial charge in [-0.15, -0.1) is 5.10 Å². The third-order valence-electron chi connectivity index (χ3n) is 3.09. The molecule has 1 amide bonds. The quantitative estimate of drug-likeness (QED) is 0.793. The number of halogens is 1. The topological polar surface area (TPSA) is 71.8 Å². The van der Waals surface area contributed by atoms with Crippen LogP contribution in [0.2, 0.25) is 0 Å². The Balaban J connectivity index is 2.34. The summed E-state index contributed by atoms with van der Waals surface area (Å²) in [7, 11) is 1.80. The van der Waals surface area contributed by atoms with Crippen LogP contribution in [0.1, 0.15) is 36.2 Å². The molecule has 1 aromatic carbocycles. The van der Waals surface area contributed by atoms with Crippen LogP contribution in [-0.4, -0.2) is 40.8 Å². The molecule has 0 aliphatic rings. The van der Waals surface area contributed by atoms with Crippen molar-refractivity contribution in [1.29, 1.82) is 0 Å². The molecule has 22 heavy (non-hydrogen) atoms. The van der Waals surface area contributed by atoms with Crippen molar-refractivity contribution in [3.8, 4) is 5.69 Å². The van der Waals surface area contributed by atoms with Crippen molar-refractivity contribution in [2.24, 2.45) is 0 Å². The van der Waals surface area contributed by atoms with Gasteiger partial charge in [0, 0.05) is 19.0 Å². The van der Waals surface area contributed by atoms with Crippen LogP contribution in [0.25, 0.3) is 5.69 Å². The van der Waals surface area contributed by atoms with Crippen molar-refractivity contribution in [3.63, 3.8) is 0 Å². The van der Waals surface area contributed by atoms with E-state index < -0.39 is 5.82 Å². The highest BCUT2D eigenvalue weighted by Crippen LogP contribution is 2.19. The second-order valence-electron chi connectivity index (χ2n) is 5.17. The van der Waals surface area contributed by atoms with E-state index in [1.54, 1.807) is 25.2 Å². The van der Waals surface area contributed by atoms with Gasteiger partial charge in [-0.2, -0.15) is 0 Å². The number of nitrogens with zero attached hydrogens (tertiary/aromatic N) is 3. The van der Waals surface area contributed by atoms with E-state index in [1.165, 1.54) is 10.7 Å². The Labute approximate surface area is 128 Å². The average molecular weight is 305 g/mol. The second-order valence-corrected chi connectivity index (χ2v) is 5.17. The summed E-state index contributed by atoms with van der Waals surface area (Å²) < 4.78 is 15.4. The van der Waals surface area contributed by atoms with Gasteiger partial charge in [0.2, 0.25) is 5.82 Å². The molecule has 2 N–H and O–H groups in total. The lowest BCUT2D eigenvalue weighted by Gasteiger charge is -2.08. The standard InChI is InChI=1S/C15H20FN5O/c1-10(2)14-19-13(15(22)18-9-8-17-3)20-21(14)12-7-5-4-6-11(12)16/h4-7,10,17H,8-9H2,1-3H3,(H,18,22). The first-order valence-corrected chi connectivity index (χ1v) is 7.19. The summed E-state index contributed by atoms with van der Waals surface area (Å²) in [5.74, 6) is -0.179. The minimum Gasteiger partial charge on any atom is -0.348 e. The fourth-order valence-electron chi connectivity index (χ4n) is 1.97. The highest BCUT2D eigenvalue weighted by molar-refractivity contribution is 5.90. The van der Waals surface area contributed by atoms with Crippen LogP contribution in [0.15, 0.2) is 24.3 Å². The van der Waals surface area contributed by atoms with Crippen LogP contribution < -0.4 is 10.6 Å². The number of para-hydroxylation sites is 1. The van der Waals surface area contributed by atoms with Crippen molar-refractivity contribution in [1.82, 2.24) is 25.4 Å². The summed E-state index contributed by atoms with van der Waals surface area (Å²) in [6, 6.07) is 6.29. The van der Waals surface area contributed by atoms with Gasteiger partial charge < -0.3 is 10.6 Å².